The van der Waals surface area contributed by atoms with Crippen LogP contribution in [0.15, 0.2) is 12.4 Å². The molecule has 1 atom stereocenters. The Morgan fingerprint density at radius 3 is 2.95 bits per heavy atom. The number of carbonyl (C=O) groups is 2. The zero-order valence-electron chi connectivity index (χ0n) is 11.5. The second kappa shape index (κ2) is 4.42. The van der Waals surface area contributed by atoms with Crippen LogP contribution in [-0.4, -0.2) is 34.6 Å². The van der Waals surface area contributed by atoms with Gasteiger partial charge in [-0.1, -0.05) is 0 Å². The molecule has 2 aliphatic rings. The van der Waals surface area contributed by atoms with E-state index in [2.05, 4.69) is 15.5 Å². The number of rotatable bonds is 1. The molecule has 7 heteroatoms. The standard InChI is InChI=1S/C14H14N4O2S/c1-7-6-18-10(19)3-2-9-11(18)13(14(20)17-7)21-12(9)8-4-15-16-5-8/h4-5,7H,2-3,6H2,1H3,(H,15,16)(H,17,20)/t7-/m0/s1. The number of amides is 2. The van der Waals surface area contributed by atoms with Crippen molar-refractivity contribution in [2.75, 3.05) is 11.4 Å². The molecule has 0 saturated carbocycles. The Hall–Kier alpha value is -2.15. The minimum atomic E-state index is -0.0873. The van der Waals surface area contributed by atoms with Crippen molar-refractivity contribution >= 4 is 28.8 Å². The van der Waals surface area contributed by atoms with Crippen LogP contribution in [0, 0.1) is 0 Å². The average molecular weight is 302 g/mol. The summed E-state index contributed by atoms with van der Waals surface area (Å²) in [4.78, 5) is 28.1. The van der Waals surface area contributed by atoms with Gasteiger partial charge in [0.2, 0.25) is 5.91 Å². The van der Waals surface area contributed by atoms with Crippen LogP contribution in [0.25, 0.3) is 10.4 Å². The summed E-state index contributed by atoms with van der Waals surface area (Å²) in [6.45, 7) is 2.46. The van der Waals surface area contributed by atoms with E-state index in [1.54, 1.807) is 11.1 Å². The van der Waals surface area contributed by atoms with Crippen molar-refractivity contribution in [3.8, 4) is 10.4 Å². The SMILES string of the molecule is C[C@H]1CN2C(=O)CCc3c(-c4cn[nH]c4)sc(c32)C(=O)N1. The first-order valence-corrected chi connectivity index (χ1v) is 7.73. The van der Waals surface area contributed by atoms with Crippen molar-refractivity contribution in [2.45, 2.75) is 25.8 Å². The van der Waals surface area contributed by atoms with Crippen LogP contribution in [0.3, 0.4) is 0 Å². The maximum Gasteiger partial charge on any atom is 0.263 e. The van der Waals surface area contributed by atoms with Crippen molar-refractivity contribution in [1.82, 2.24) is 15.5 Å². The molecule has 2 N–H and O–H groups in total. The van der Waals surface area contributed by atoms with E-state index in [9.17, 15) is 9.59 Å². The third-order valence-corrected chi connectivity index (χ3v) is 5.21. The summed E-state index contributed by atoms with van der Waals surface area (Å²) in [7, 11) is 0. The second-order valence-electron chi connectivity index (χ2n) is 5.45. The Labute approximate surface area is 125 Å². The largest absolute Gasteiger partial charge is 0.347 e. The lowest BCUT2D eigenvalue weighted by Crippen LogP contribution is -2.42. The maximum atomic E-state index is 12.4. The normalized spacial score (nSPS) is 21.0. The van der Waals surface area contributed by atoms with E-state index >= 15 is 0 Å². The lowest BCUT2D eigenvalue weighted by atomic mass is 9.99. The quantitative estimate of drug-likeness (QED) is 0.839. The molecule has 4 rings (SSSR count). The Kier molecular flexibility index (Phi) is 2.65. The number of hydrogen-bond acceptors (Lipinski definition) is 4. The molecule has 4 heterocycles. The number of nitrogens with one attached hydrogen (secondary N) is 2. The van der Waals surface area contributed by atoms with E-state index in [0.29, 0.717) is 24.3 Å². The van der Waals surface area contributed by atoms with Crippen molar-refractivity contribution in [3.63, 3.8) is 0 Å². The molecule has 0 radical (unpaired) electrons. The number of nitrogens with zero attached hydrogens (tertiary/aromatic N) is 2. The fraction of sp³-hybridized carbons (Fsp3) is 0.357. The Balaban J connectivity index is 1.95. The summed E-state index contributed by atoms with van der Waals surface area (Å²) in [5, 5.41) is 9.74. The summed E-state index contributed by atoms with van der Waals surface area (Å²) in [5.74, 6) is 0.0133. The lowest BCUT2D eigenvalue weighted by Gasteiger charge is -2.28. The van der Waals surface area contributed by atoms with E-state index < -0.39 is 0 Å². The second-order valence-corrected chi connectivity index (χ2v) is 6.47. The van der Waals surface area contributed by atoms with E-state index in [1.807, 2.05) is 13.1 Å². The lowest BCUT2D eigenvalue weighted by molar-refractivity contribution is -0.118. The van der Waals surface area contributed by atoms with Gasteiger partial charge in [0.05, 0.1) is 11.9 Å². The van der Waals surface area contributed by atoms with Gasteiger partial charge in [0, 0.05) is 35.6 Å². The molecule has 108 valence electrons. The minimum absolute atomic E-state index is 0.0376. The monoisotopic (exact) mass is 302 g/mol. The van der Waals surface area contributed by atoms with E-state index in [0.717, 1.165) is 21.7 Å². The van der Waals surface area contributed by atoms with Gasteiger partial charge in [0.1, 0.15) is 4.88 Å². The molecule has 2 aliphatic heterocycles. The number of aromatic amines is 1. The van der Waals surface area contributed by atoms with Gasteiger partial charge >= 0.3 is 0 Å². The molecule has 6 nitrogen and oxygen atoms in total. The maximum absolute atomic E-state index is 12.4. The van der Waals surface area contributed by atoms with E-state index in [4.69, 9.17) is 0 Å². The van der Waals surface area contributed by atoms with Crippen LogP contribution >= 0.6 is 11.3 Å². The summed E-state index contributed by atoms with van der Waals surface area (Å²) in [5.41, 5.74) is 2.88. The molecule has 0 saturated heterocycles. The number of hydrogen-bond donors (Lipinski definition) is 2. The predicted molar refractivity (Wildman–Crippen MR) is 79.5 cm³/mol. The van der Waals surface area contributed by atoms with Crippen LogP contribution in [0.5, 0.6) is 0 Å². The molecule has 2 aromatic rings. The topological polar surface area (TPSA) is 78.1 Å². The Morgan fingerprint density at radius 1 is 1.33 bits per heavy atom. The van der Waals surface area contributed by atoms with Crippen LogP contribution in [0.2, 0.25) is 0 Å². The molecule has 2 aromatic heterocycles. The van der Waals surface area contributed by atoms with Crippen molar-refractivity contribution in [2.24, 2.45) is 0 Å². The fourth-order valence-corrected chi connectivity index (χ4v) is 4.27. The summed E-state index contributed by atoms with van der Waals surface area (Å²) < 4.78 is 0. The molecule has 0 unspecified atom stereocenters. The Morgan fingerprint density at radius 2 is 2.19 bits per heavy atom. The zero-order chi connectivity index (χ0) is 14.6. The number of anilines is 1. The number of carbonyl (C=O) groups excluding carboxylic acids is 2. The molecule has 0 aromatic carbocycles. The van der Waals surface area contributed by atoms with Crippen molar-refractivity contribution in [3.05, 3.63) is 22.8 Å². The van der Waals surface area contributed by atoms with E-state index in [1.165, 1.54) is 11.3 Å². The third kappa shape index (κ3) is 1.80. The van der Waals surface area contributed by atoms with Crippen LogP contribution in [-0.2, 0) is 11.2 Å². The first kappa shape index (κ1) is 12.6. The summed E-state index contributed by atoms with van der Waals surface area (Å²) >= 11 is 1.45. The minimum Gasteiger partial charge on any atom is -0.347 e. The molecule has 0 bridgehead atoms. The van der Waals surface area contributed by atoms with Gasteiger partial charge in [-0.3, -0.25) is 14.7 Å². The highest BCUT2D eigenvalue weighted by atomic mass is 32.1. The Bertz CT molecular complexity index is 734. The van der Waals surface area contributed by atoms with Crippen LogP contribution < -0.4 is 10.2 Å². The first-order chi connectivity index (χ1) is 10.1. The summed E-state index contributed by atoms with van der Waals surface area (Å²) in [6.07, 6.45) is 4.75. The van der Waals surface area contributed by atoms with Gasteiger partial charge in [-0.05, 0) is 18.9 Å². The molecular formula is C14H14N4O2S. The number of aromatic nitrogens is 2. The fourth-order valence-electron chi connectivity index (χ4n) is 3.03. The smallest absolute Gasteiger partial charge is 0.263 e. The van der Waals surface area contributed by atoms with Crippen LogP contribution in [0.1, 0.15) is 28.6 Å². The highest BCUT2D eigenvalue weighted by Crippen LogP contribution is 2.45. The molecular weight excluding hydrogens is 288 g/mol. The molecule has 0 fully saturated rings. The number of thiophene rings is 1. The van der Waals surface area contributed by atoms with Gasteiger partial charge in [-0.2, -0.15) is 5.10 Å². The third-order valence-electron chi connectivity index (χ3n) is 3.94. The van der Waals surface area contributed by atoms with Gasteiger partial charge in [0.15, 0.2) is 0 Å². The van der Waals surface area contributed by atoms with Crippen molar-refractivity contribution < 1.29 is 9.59 Å². The average Bonchev–Trinajstić information content (AvgIpc) is 3.05. The van der Waals surface area contributed by atoms with Gasteiger partial charge in [0.25, 0.3) is 5.91 Å². The van der Waals surface area contributed by atoms with Crippen molar-refractivity contribution in [1.29, 1.82) is 0 Å². The van der Waals surface area contributed by atoms with E-state index in [-0.39, 0.29) is 17.9 Å². The molecule has 21 heavy (non-hydrogen) atoms. The predicted octanol–water partition coefficient (Wildman–Crippen LogP) is 1.55. The molecule has 0 spiro atoms. The zero-order valence-corrected chi connectivity index (χ0v) is 12.3. The highest BCUT2D eigenvalue weighted by Gasteiger charge is 2.37. The van der Waals surface area contributed by atoms with Gasteiger partial charge in [-0.25, -0.2) is 0 Å². The first-order valence-electron chi connectivity index (χ1n) is 6.91. The highest BCUT2D eigenvalue weighted by molar-refractivity contribution is 7.18. The number of H-pyrrole nitrogens is 1. The van der Waals surface area contributed by atoms with Gasteiger partial charge < -0.3 is 10.2 Å². The summed E-state index contributed by atoms with van der Waals surface area (Å²) in [6, 6.07) is -0.0376. The van der Waals surface area contributed by atoms with Crippen LogP contribution in [0.4, 0.5) is 5.69 Å². The molecule has 0 aliphatic carbocycles. The molecule has 2 amide bonds. The van der Waals surface area contributed by atoms with Gasteiger partial charge in [-0.15, -0.1) is 11.3 Å².